The van der Waals surface area contributed by atoms with Crippen molar-refractivity contribution in [1.82, 2.24) is 9.97 Å². The van der Waals surface area contributed by atoms with Crippen molar-refractivity contribution in [2.45, 2.75) is 53.4 Å². The second kappa shape index (κ2) is 10.9. The molecule has 154 valence electrons. The zero-order chi connectivity index (χ0) is 21.4. The lowest BCUT2D eigenvalue weighted by Crippen LogP contribution is -1.94. The number of nitrogens with zero attached hydrogens (tertiary/aromatic N) is 1. The number of rotatable bonds is 3. The van der Waals surface area contributed by atoms with Crippen molar-refractivity contribution >= 4 is 39.1 Å². The molecule has 2 heterocycles. The molecule has 4 aromatic rings. The van der Waals surface area contributed by atoms with Crippen LogP contribution in [0, 0.1) is 6.92 Å². The van der Waals surface area contributed by atoms with Crippen LogP contribution >= 0.6 is 11.6 Å². The van der Waals surface area contributed by atoms with Crippen LogP contribution in [0.2, 0.25) is 5.02 Å². The first-order valence-electron chi connectivity index (χ1n) is 10.4. The molecule has 4 rings (SSSR count). The van der Waals surface area contributed by atoms with E-state index >= 15 is 0 Å². The molecule has 3 nitrogen and oxygen atoms in total. The van der Waals surface area contributed by atoms with Crippen molar-refractivity contribution in [2.24, 2.45) is 0 Å². The van der Waals surface area contributed by atoms with Crippen molar-refractivity contribution in [3.05, 3.63) is 71.0 Å². The first kappa shape index (κ1) is 22.8. The van der Waals surface area contributed by atoms with E-state index in [1.807, 2.05) is 38.2 Å². The third-order valence-corrected chi connectivity index (χ3v) is 5.38. The van der Waals surface area contributed by atoms with Crippen LogP contribution in [0.4, 0.5) is 5.82 Å². The number of nitrogen functional groups attached to an aromatic ring is 1. The van der Waals surface area contributed by atoms with Crippen LogP contribution in [-0.4, -0.2) is 9.97 Å². The molecule has 0 spiro atoms. The van der Waals surface area contributed by atoms with E-state index in [1.54, 1.807) is 6.20 Å². The third kappa shape index (κ3) is 5.51. The van der Waals surface area contributed by atoms with Crippen molar-refractivity contribution in [1.29, 1.82) is 0 Å². The molecule has 0 aliphatic heterocycles. The predicted molar refractivity (Wildman–Crippen MR) is 129 cm³/mol. The van der Waals surface area contributed by atoms with Crippen LogP contribution in [0.25, 0.3) is 21.7 Å². The van der Waals surface area contributed by atoms with E-state index in [-0.39, 0.29) is 0 Å². The quantitative estimate of drug-likeness (QED) is 0.361. The van der Waals surface area contributed by atoms with E-state index in [2.05, 4.69) is 55.0 Å². The van der Waals surface area contributed by atoms with Crippen molar-refractivity contribution < 1.29 is 0 Å². The Hall–Kier alpha value is -2.52. The van der Waals surface area contributed by atoms with E-state index in [0.29, 0.717) is 11.7 Å². The van der Waals surface area contributed by atoms with Gasteiger partial charge in [0.1, 0.15) is 5.82 Å². The van der Waals surface area contributed by atoms with Crippen molar-refractivity contribution in [2.75, 3.05) is 5.73 Å². The normalized spacial score (nSPS) is 10.4. The van der Waals surface area contributed by atoms with Crippen molar-refractivity contribution in [3.8, 4) is 0 Å². The maximum Gasteiger partial charge on any atom is 0.131 e. The highest BCUT2D eigenvalue weighted by Gasteiger charge is 2.09. The summed E-state index contributed by atoms with van der Waals surface area (Å²) in [7, 11) is 0. The lowest BCUT2D eigenvalue weighted by atomic mass is 9.93. The van der Waals surface area contributed by atoms with Gasteiger partial charge in [-0.25, -0.2) is 4.98 Å². The predicted octanol–water partition coefficient (Wildman–Crippen LogP) is 7.88. The van der Waals surface area contributed by atoms with Gasteiger partial charge in [0.25, 0.3) is 0 Å². The Labute approximate surface area is 179 Å². The fraction of sp³-hybridized carbons (Fsp3) is 0.320. The number of H-pyrrole nitrogens is 1. The first-order chi connectivity index (χ1) is 14.0. The molecule has 3 N–H and O–H groups in total. The maximum atomic E-state index is 6.10. The molecule has 2 aromatic carbocycles. The molecule has 0 bridgehead atoms. The van der Waals surface area contributed by atoms with Gasteiger partial charge in [-0.3, -0.25) is 0 Å². The topological polar surface area (TPSA) is 54.7 Å². The monoisotopic (exact) mass is 409 g/mol. The Morgan fingerprint density at radius 3 is 2.41 bits per heavy atom. The van der Waals surface area contributed by atoms with Gasteiger partial charge in [0.15, 0.2) is 0 Å². The standard InChI is InChI=1S/C13H16ClN.C10H10N2.C2H6/c1-3-9(4-2)10-5-6-13-11(7-10)12(14)8-15-13;1-7-2-3-9-8(6-7)4-5-12-10(9)11;1-2/h5-9,15H,3-4H2,1-2H3;2-6H,1H3,(H2,11,12);1-2H3. The molecular weight excluding hydrogens is 378 g/mol. The number of nitrogens with one attached hydrogen (secondary N) is 1. The second-order valence-corrected chi connectivity index (χ2v) is 7.28. The van der Waals surface area contributed by atoms with Crippen LogP contribution in [0.15, 0.2) is 54.9 Å². The minimum atomic E-state index is 0.604. The Bertz CT molecular complexity index is 1050. The summed E-state index contributed by atoms with van der Waals surface area (Å²) < 4.78 is 0. The molecule has 0 radical (unpaired) electrons. The molecule has 0 saturated heterocycles. The molecule has 4 heteroatoms. The Morgan fingerprint density at radius 1 is 1.00 bits per heavy atom. The van der Waals surface area contributed by atoms with Gasteiger partial charge < -0.3 is 10.7 Å². The van der Waals surface area contributed by atoms with Gasteiger partial charge in [-0.1, -0.05) is 69.1 Å². The minimum absolute atomic E-state index is 0.604. The molecule has 0 atom stereocenters. The number of pyridine rings is 1. The van der Waals surface area contributed by atoms with Gasteiger partial charge in [0.05, 0.1) is 5.02 Å². The lowest BCUT2D eigenvalue weighted by Gasteiger charge is -2.12. The molecule has 0 saturated carbocycles. The summed E-state index contributed by atoms with van der Waals surface area (Å²) in [6.07, 6.45) is 5.95. The van der Waals surface area contributed by atoms with Gasteiger partial charge in [0.2, 0.25) is 0 Å². The number of fused-ring (bicyclic) bond motifs is 2. The third-order valence-electron chi connectivity index (χ3n) is 5.06. The molecule has 0 unspecified atom stereocenters. The number of nitrogens with two attached hydrogens (primary N) is 1. The molecule has 0 fully saturated rings. The number of anilines is 1. The number of halogens is 1. The summed E-state index contributed by atoms with van der Waals surface area (Å²) in [5.41, 5.74) is 9.46. The molecular formula is C25H32ClN3. The van der Waals surface area contributed by atoms with Gasteiger partial charge >= 0.3 is 0 Å². The highest BCUT2D eigenvalue weighted by molar-refractivity contribution is 6.35. The second-order valence-electron chi connectivity index (χ2n) is 6.88. The fourth-order valence-electron chi connectivity index (χ4n) is 3.44. The SMILES string of the molecule is CC.CCC(CC)c1ccc2[nH]cc(Cl)c2c1.Cc1ccc2c(N)nccc2c1. The van der Waals surface area contributed by atoms with E-state index in [9.17, 15) is 0 Å². The summed E-state index contributed by atoms with van der Waals surface area (Å²) in [6, 6.07) is 14.7. The summed E-state index contributed by atoms with van der Waals surface area (Å²) in [5.74, 6) is 1.26. The van der Waals surface area contributed by atoms with E-state index in [1.165, 1.54) is 24.0 Å². The fourth-order valence-corrected chi connectivity index (χ4v) is 3.65. The lowest BCUT2D eigenvalue weighted by molar-refractivity contribution is 0.643. The van der Waals surface area contributed by atoms with Crippen LogP contribution in [0.5, 0.6) is 0 Å². The highest BCUT2D eigenvalue weighted by atomic mass is 35.5. The number of aromatic nitrogens is 2. The zero-order valence-corrected chi connectivity index (χ0v) is 18.8. The number of aryl methyl sites for hydroxylation is 1. The molecule has 0 amide bonds. The molecule has 29 heavy (non-hydrogen) atoms. The molecule has 0 aliphatic rings. The highest BCUT2D eigenvalue weighted by Crippen LogP contribution is 2.29. The Balaban J connectivity index is 0.000000194. The average molecular weight is 410 g/mol. The molecule has 0 aliphatic carbocycles. The van der Waals surface area contributed by atoms with E-state index < -0.39 is 0 Å². The largest absolute Gasteiger partial charge is 0.383 e. The number of hydrogen-bond acceptors (Lipinski definition) is 2. The average Bonchev–Trinajstić information content (AvgIpc) is 3.11. The van der Waals surface area contributed by atoms with Gasteiger partial charge in [-0.15, -0.1) is 0 Å². The smallest absolute Gasteiger partial charge is 0.131 e. The Morgan fingerprint density at radius 2 is 1.72 bits per heavy atom. The van der Waals surface area contributed by atoms with Crippen LogP contribution < -0.4 is 5.73 Å². The minimum Gasteiger partial charge on any atom is -0.383 e. The zero-order valence-electron chi connectivity index (χ0n) is 18.1. The summed E-state index contributed by atoms with van der Waals surface area (Å²) in [5, 5.41) is 4.14. The van der Waals surface area contributed by atoms with Gasteiger partial charge in [-0.2, -0.15) is 0 Å². The Kier molecular flexibility index (Phi) is 8.53. The summed E-state index contributed by atoms with van der Waals surface area (Å²) in [4.78, 5) is 7.17. The number of aromatic amines is 1. The maximum absolute atomic E-state index is 6.10. The van der Waals surface area contributed by atoms with Crippen LogP contribution in [0.3, 0.4) is 0 Å². The number of hydrogen-bond donors (Lipinski definition) is 2. The van der Waals surface area contributed by atoms with Crippen LogP contribution in [0.1, 0.15) is 57.6 Å². The van der Waals surface area contributed by atoms with E-state index in [0.717, 1.165) is 26.7 Å². The van der Waals surface area contributed by atoms with Crippen molar-refractivity contribution in [3.63, 3.8) is 0 Å². The number of benzene rings is 2. The summed E-state index contributed by atoms with van der Waals surface area (Å²) in [6.45, 7) is 10.5. The molecule has 2 aromatic heterocycles. The van der Waals surface area contributed by atoms with Gasteiger partial charge in [-0.05, 0) is 54.8 Å². The van der Waals surface area contributed by atoms with Gasteiger partial charge in [0, 0.05) is 28.7 Å². The first-order valence-corrected chi connectivity index (χ1v) is 10.8. The van der Waals surface area contributed by atoms with Crippen LogP contribution in [-0.2, 0) is 0 Å². The summed E-state index contributed by atoms with van der Waals surface area (Å²) >= 11 is 6.10. The van der Waals surface area contributed by atoms with E-state index in [4.69, 9.17) is 17.3 Å².